The summed E-state index contributed by atoms with van der Waals surface area (Å²) in [6.07, 6.45) is 0. The number of anilines is 1. The van der Waals surface area contributed by atoms with E-state index < -0.39 is 0 Å². The highest BCUT2D eigenvalue weighted by Crippen LogP contribution is 2.29. The minimum Gasteiger partial charge on any atom is -0.507 e. The van der Waals surface area contributed by atoms with Crippen LogP contribution in [0.1, 0.15) is 27.0 Å². The zero-order chi connectivity index (χ0) is 14.9. The average Bonchev–Trinajstić information content (AvgIpc) is 2.36. The van der Waals surface area contributed by atoms with Gasteiger partial charge in [0.1, 0.15) is 5.75 Å². The Labute approximate surface area is 126 Å². The molecule has 0 heterocycles. The van der Waals surface area contributed by atoms with Gasteiger partial charge in [0.25, 0.3) is 5.91 Å². The number of nitrogens with one attached hydrogen (secondary N) is 1. The lowest BCUT2D eigenvalue weighted by Gasteiger charge is -2.12. The number of carbonyl (C=O) groups is 1. The van der Waals surface area contributed by atoms with Crippen LogP contribution in [0, 0.1) is 20.8 Å². The molecule has 2 aromatic carbocycles. The third kappa shape index (κ3) is 3.02. The van der Waals surface area contributed by atoms with E-state index in [4.69, 9.17) is 0 Å². The van der Waals surface area contributed by atoms with E-state index >= 15 is 0 Å². The Morgan fingerprint density at radius 2 is 1.80 bits per heavy atom. The van der Waals surface area contributed by atoms with Crippen LogP contribution in [0.5, 0.6) is 5.75 Å². The normalized spacial score (nSPS) is 10.4. The fourth-order valence-electron chi connectivity index (χ4n) is 2.09. The lowest BCUT2D eigenvalue weighted by atomic mass is 10.1. The molecule has 104 valence electrons. The number of hydrogen-bond acceptors (Lipinski definition) is 2. The van der Waals surface area contributed by atoms with Crippen LogP contribution in [0.2, 0.25) is 0 Å². The van der Waals surface area contributed by atoms with Gasteiger partial charge >= 0.3 is 0 Å². The Morgan fingerprint density at radius 3 is 2.45 bits per heavy atom. The van der Waals surface area contributed by atoms with Crippen LogP contribution in [0.3, 0.4) is 0 Å². The molecule has 0 saturated heterocycles. The molecule has 0 fully saturated rings. The maximum atomic E-state index is 12.3. The smallest absolute Gasteiger partial charge is 0.259 e. The summed E-state index contributed by atoms with van der Waals surface area (Å²) in [5, 5.41) is 12.6. The van der Waals surface area contributed by atoms with Crippen molar-refractivity contribution in [3.05, 3.63) is 57.1 Å². The fourth-order valence-corrected chi connectivity index (χ4v) is 2.86. The minimum absolute atomic E-state index is 0.0195. The van der Waals surface area contributed by atoms with E-state index in [1.807, 2.05) is 32.9 Å². The quantitative estimate of drug-likeness (QED) is 0.859. The fraction of sp³-hybridized carbons (Fsp3) is 0.188. The number of aromatic hydroxyl groups is 1. The highest BCUT2D eigenvalue weighted by molar-refractivity contribution is 9.10. The van der Waals surface area contributed by atoms with Crippen LogP contribution >= 0.6 is 15.9 Å². The maximum absolute atomic E-state index is 12.3. The number of carbonyl (C=O) groups excluding carboxylic acids is 1. The van der Waals surface area contributed by atoms with E-state index in [2.05, 4.69) is 21.2 Å². The summed E-state index contributed by atoms with van der Waals surface area (Å²) < 4.78 is 0.829. The molecule has 0 radical (unpaired) electrons. The van der Waals surface area contributed by atoms with E-state index in [0.717, 1.165) is 26.9 Å². The summed E-state index contributed by atoms with van der Waals surface area (Å²) in [7, 11) is 0. The number of phenols is 1. The topological polar surface area (TPSA) is 49.3 Å². The van der Waals surface area contributed by atoms with Gasteiger partial charge in [-0.1, -0.05) is 17.7 Å². The summed E-state index contributed by atoms with van der Waals surface area (Å²) in [6, 6.07) is 8.90. The molecule has 20 heavy (non-hydrogen) atoms. The third-order valence-electron chi connectivity index (χ3n) is 3.07. The number of halogens is 1. The largest absolute Gasteiger partial charge is 0.507 e. The van der Waals surface area contributed by atoms with Crippen molar-refractivity contribution in [2.45, 2.75) is 20.8 Å². The first-order chi connectivity index (χ1) is 9.38. The van der Waals surface area contributed by atoms with Crippen molar-refractivity contribution in [1.29, 1.82) is 0 Å². The molecule has 0 atom stereocenters. The van der Waals surface area contributed by atoms with Crippen molar-refractivity contribution in [2.24, 2.45) is 0 Å². The van der Waals surface area contributed by atoms with Gasteiger partial charge in [-0.05, 0) is 66.0 Å². The Hall–Kier alpha value is -1.81. The van der Waals surface area contributed by atoms with Gasteiger partial charge in [0.15, 0.2) is 0 Å². The van der Waals surface area contributed by atoms with Crippen LogP contribution in [0.15, 0.2) is 34.8 Å². The molecule has 0 saturated carbocycles. The van der Waals surface area contributed by atoms with E-state index in [-0.39, 0.29) is 17.2 Å². The predicted molar refractivity (Wildman–Crippen MR) is 84.4 cm³/mol. The second-order valence-electron chi connectivity index (χ2n) is 4.91. The Morgan fingerprint density at radius 1 is 1.10 bits per heavy atom. The van der Waals surface area contributed by atoms with Gasteiger partial charge in [0.05, 0.1) is 11.3 Å². The molecule has 0 spiro atoms. The molecule has 0 aliphatic carbocycles. The molecule has 3 nitrogen and oxygen atoms in total. The Bertz CT molecular complexity index is 657. The number of aryl methyl sites for hydroxylation is 3. The number of benzene rings is 2. The first-order valence-electron chi connectivity index (χ1n) is 6.26. The monoisotopic (exact) mass is 333 g/mol. The number of phenolic OH excluding ortho intramolecular Hbond substituents is 1. The van der Waals surface area contributed by atoms with Crippen molar-refractivity contribution in [1.82, 2.24) is 0 Å². The summed E-state index contributed by atoms with van der Waals surface area (Å²) in [5.41, 5.74) is 4.01. The highest BCUT2D eigenvalue weighted by atomic mass is 79.9. The van der Waals surface area contributed by atoms with Crippen molar-refractivity contribution in [2.75, 3.05) is 5.32 Å². The van der Waals surface area contributed by atoms with E-state index in [1.54, 1.807) is 12.1 Å². The van der Waals surface area contributed by atoms with Crippen molar-refractivity contribution in [3.63, 3.8) is 0 Å². The third-order valence-corrected chi connectivity index (χ3v) is 3.69. The molecular formula is C16H16BrNO2. The molecule has 2 aromatic rings. The van der Waals surface area contributed by atoms with Crippen LogP contribution in [0.4, 0.5) is 5.69 Å². The van der Waals surface area contributed by atoms with E-state index in [0.29, 0.717) is 0 Å². The first kappa shape index (κ1) is 14.6. The molecule has 0 aliphatic rings. The van der Waals surface area contributed by atoms with Crippen LogP contribution in [-0.2, 0) is 0 Å². The van der Waals surface area contributed by atoms with E-state index in [9.17, 15) is 9.90 Å². The summed E-state index contributed by atoms with van der Waals surface area (Å²) in [5.74, 6) is -0.340. The average molecular weight is 334 g/mol. The van der Waals surface area contributed by atoms with Gasteiger partial charge in [0, 0.05) is 4.47 Å². The summed E-state index contributed by atoms with van der Waals surface area (Å²) in [6.45, 7) is 5.81. The van der Waals surface area contributed by atoms with Crippen LogP contribution in [0.25, 0.3) is 0 Å². The minimum atomic E-state index is -0.321. The van der Waals surface area contributed by atoms with E-state index in [1.165, 1.54) is 6.07 Å². The molecule has 2 rings (SSSR count). The van der Waals surface area contributed by atoms with Gasteiger partial charge in [0.2, 0.25) is 0 Å². The summed E-state index contributed by atoms with van der Waals surface area (Å²) in [4.78, 5) is 12.3. The second kappa shape index (κ2) is 5.67. The molecule has 0 aromatic heterocycles. The number of rotatable bonds is 2. The zero-order valence-corrected chi connectivity index (χ0v) is 13.2. The standard InChI is InChI=1S/C16H16BrNO2/c1-9-4-5-14(19)12(7-9)16(20)18-15-11(3)6-10(2)8-13(15)17/h4-8,19H,1-3H3,(H,18,20). The molecule has 2 N–H and O–H groups in total. The van der Waals surface area contributed by atoms with Crippen molar-refractivity contribution in [3.8, 4) is 5.75 Å². The predicted octanol–water partition coefficient (Wildman–Crippen LogP) is 4.33. The van der Waals surface area contributed by atoms with Gasteiger partial charge < -0.3 is 10.4 Å². The highest BCUT2D eigenvalue weighted by Gasteiger charge is 2.14. The molecule has 0 bridgehead atoms. The Balaban J connectivity index is 2.35. The zero-order valence-electron chi connectivity index (χ0n) is 11.6. The van der Waals surface area contributed by atoms with Crippen molar-refractivity contribution < 1.29 is 9.90 Å². The lowest BCUT2D eigenvalue weighted by molar-refractivity contribution is 0.102. The van der Waals surface area contributed by atoms with Crippen molar-refractivity contribution >= 4 is 27.5 Å². The molecule has 0 unspecified atom stereocenters. The molecule has 0 aliphatic heterocycles. The Kier molecular flexibility index (Phi) is 4.14. The SMILES string of the molecule is Cc1cc(C)c(NC(=O)c2cc(C)ccc2O)c(Br)c1. The van der Waals surface area contributed by atoms with Gasteiger partial charge in [-0.2, -0.15) is 0 Å². The lowest BCUT2D eigenvalue weighted by Crippen LogP contribution is -2.13. The van der Waals surface area contributed by atoms with Gasteiger partial charge in [-0.25, -0.2) is 0 Å². The second-order valence-corrected chi connectivity index (χ2v) is 5.77. The molecule has 1 amide bonds. The number of hydrogen-bond donors (Lipinski definition) is 2. The number of amides is 1. The summed E-state index contributed by atoms with van der Waals surface area (Å²) >= 11 is 3.45. The van der Waals surface area contributed by atoms with Crippen LogP contribution in [-0.4, -0.2) is 11.0 Å². The molecule has 4 heteroatoms. The first-order valence-corrected chi connectivity index (χ1v) is 7.05. The van der Waals surface area contributed by atoms with Gasteiger partial charge in [-0.3, -0.25) is 4.79 Å². The molecular weight excluding hydrogens is 318 g/mol. The van der Waals surface area contributed by atoms with Crippen LogP contribution < -0.4 is 5.32 Å². The maximum Gasteiger partial charge on any atom is 0.259 e. The van der Waals surface area contributed by atoms with Gasteiger partial charge in [-0.15, -0.1) is 0 Å².